The van der Waals surface area contributed by atoms with Crippen LogP contribution in [0.5, 0.6) is 0 Å². The normalized spacial score (nSPS) is 13.9. The first kappa shape index (κ1) is 19.8. The third kappa shape index (κ3) is 4.04. The van der Waals surface area contributed by atoms with Crippen LogP contribution in [0, 0.1) is 6.92 Å². The predicted molar refractivity (Wildman–Crippen MR) is 118 cm³/mol. The van der Waals surface area contributed by atoms with Crippen LogP contribution in [-0.4, -0.2) is 62.3 Å². The van der Waals surface area contributed by atoms with Gasteiger partial charge in [-0.25, -0.2) is 0 Å². The Balaban J connectivity index is 1.20. The Morgan fingerprint density at radius 1 is 0.938 bits per heavy atom. The molecular weight excluding hydrogens is 406 g/mol. The smallest absolute Gasteiger partial charge is 0.253 e. The monoisotopic (exact) mass is 427 g/mol. The van der Waals surface area contributed by atoms with E-state index in [9.17, 15) is 4.79 Å². The quantitative estimate of drug-likeness (QED) is 0.490. The number of hydrogen-bond donors (Lipinski definition) is 0. The molecule has 5 rings (SSSR count). The van der Waals surface area contributed by atoms with Gasteiger partial charge in [-0.3, -0.25) is 9.78 Å². The molecule has 1 amide bonds. The molecule has 3 aromatic heterocycles. The lowest BCUT2D eigenvalue weighted by atomic mass is 10.1. The first-order valence-corrected chi connectivity index (χ1v) is 10.4. The van der Waals surface area contributed by atoms with E-state index in [1.165, 1.54) is 0 Å². The van der Waals surface area contributed by atoms with Crippen LogP contribution in [0.15, 0.2) is 65.4 Å². The SMILES string of the molecule is Cc1nc(-c2ccc(C(=O)N3CCN(c4ccc(-c5cccnc5)nn4)CC3)cc2)no1. The van der Waals surface area contributed by atoms with E-state index < -0.39 is 0 Å². The molecule has 0 N–H and O–H groups in total. The second-order valence-electron chi connectivity index (χ2n) is 7.51. The standard InChI is InChI=1S/C23H21N7O2/c1-16-25-22(28-32-16)17-4-6-18(7-5-17)23(31)30-13-11-29(12-14-30)21-9-8-20(26-27-21)19-3-2-10-24-15-19/h2-10,15H,11-14H2,1H3. The van der Waals surface area contributed by atoms with Gasteiger partial charge in [-0.15, -0.1) is 10.2 Å². The molecule has 1 aromatic carbocycles. The first-order chi connectivity index (χ1) is 15.7. The number of hydrogen-bond acceptors (Lipinski definition) is 8. The van der Waals surface area contributed by atoms with Crippen molar-refractivity contribution in [3.8, 4) is 22.6 Å². The maximum absolute atomic E-state index is 12.9. The molecule has 32 heavy (non-hydrogen) atoms. The van der Waals surface area contributed by atoms with Crippen LogP contribution in [-0.2, 0) is 0 Å². The number of carbonyl (C=O) groups is 1. The van der Waals surface area contributed by atoms with Crippen LogP contribution in [0.4, 0.5) is 5.82 Å². The zero-order valence-electron chi connectivity index (χ0n) is 17.5. The number of aryl methyl sites for hydroxylation is 1. The Kier molecular flexibility index (Phi) is 5.29. The van der Waals surface area contributed by atoms with Gasteiger partial charge in [0.25, 0.3) is 5.91 Å². The van der Waals surface area contributed by atoms with Crippen LogP contribution >= 0.6 is 0 Å². The third-order valence-corrected chi connectivity index (χ3v) is 5.42. The highest BCUT2D eigenvalue weighted by molar-refractivity contribution is 5.94. The number of piperazine rings is 1. The molecule has 0 atom stereocenters. The van der Waals surface area contributed by atoms with E-state index in [-0.39, 0.29) is 5.91 Å². The van der Waals surface area contributed by atoms with Crippen LogP contribution in [0.1, 0.15) is 16.2 Å². The lowest BCUT2D eigenvalue weighted by Gasteiger charge is -2.35. The minimum absolute atomic E-state index is 0.0125. The Morgan fingerprint density at radius 2 is 1.75 bits per heavy atom. The second-order valence-corrected chi connectivity index (χ2v) is 7.51. The van der Waals surface area contributed by atoms with Gasteiger partial charge in [0.15, 0.2) is 5.82 Å². The molecule has 0 radical (unpaired) electrons. The summed E-state index contributed by atoms with van der Waals surface area (Å²) in [7, 11) is 0. The molecule has 0 saturated carbocycles. The molecule has 0 bridgehead atoms. The van der Waals surface area contributed by atoms with Gasteiger partial charge in [0.1, 0.15) is 0 Å². The van der Waals surface area contributed by atoms with Crippen molar-refractivity contribution in [2.24, 2.45) is 0 Å². The average molecular weight is 427 g/mol. The van der Waals surface area contributed by atoms with Gasteiger partial charge in [0.05, 0.1) is 5.69 Å². The lowest BCUT2D eigenvalue weighted by Crippen LogP contribution is -2.49. The lowest BCUT2D eigenvalue weighted by molar-refractivity contribution is 0.0746. The average Bonchev–Trinajstić information content (AvgIpc) is 3.31. The number of aromatic nitrogens is 5. The van der Waals surface area contributed by atoms with Crippen molar-refractivity contribution in [2.45, 2.75) is 6.92 Å². The number of rotatable bonds is 4. The van der Waals surface area contributed by atoms with Gasteiger partial charge in [0.2, 0.25) is 11.7 Å². The summed E-state index contributed by atoms with van der Waals surface area (Å²) in [5.41, 5.74) is 3.18. The van der Waals surface area contributed by atoms with Crippen LogP contribution < -0.4 is 4.90 Å². The molecule has 1 aliphatic rings. The van der Waals surface area contributed by atoms with E-state index in [4.69, 9.17) is 4.52 Å². The summed E-state index contributed by atoms with van der Waals surface area (Å²) in [5.74, 6) is 1.85. The second kappa shape index (κ2) is 8.54. The summed E-state index contributed by atoms with van der Waals surface area (Å²) in [4.78, 5) is 25.3. The fourth-order valence-electron chi connectivity index (χ4n) is 3.66. The predicted octanol–water partition coefficient (Wildman–Crippen LogP) is 2.86. The van der Waals surface area contributed by atoms with Crippen molar-refractivity contribution in [3.63, 3.8) is 0 Å². The molecule has 1 fully saturated rings. The van der Waals surface area contributed by atoms with Crippen molar-refractivity contribution in [1.29, 1.82) is 0 Å². The summed E-state index contributed by atoms with van der Waals surface area (Å²) in [6, 6.07) is 15.0. The number of amides is 1. The number of nitrogens with zero attached hydrogens (tertiary/aromatic N) is 7. The number of pyridine rings is 1. The minimum Gasteiger partial charge on any atom is -0.352 e. The maximum atomic E-state index is 12.9. The highest BCUT2D eigenvalue weighted by Gasteiger charge is 2.23. The van der Waals surface area contributed by atoms with Crippen LogP contribution in [0.2, 0.25) is 0 Å². The van der Waals surface area contributed by atoms with Crippen LogP contribution in [0.3, 0.4) is 0 Å². The largest absolute Gasteiger partial charge is 0.352 e. The van der Waals surface area contributed by atoms with Crippen molar-refractivity contribution >= 4 is 11.7 Å². The molecule has 0 unspecified atom stereocenters. The summed E-state index contributed by atoms with van der Waals surface area (Å²) in [6.07, 6.45) is 3.50. The van der Waals surface area contributed by atoms with Crippen LogP contribution in [0.25, 0.3) is 22.6 Å². The van der Waals surface area contributed by atoms with Gasteiger partial charge in [0, 0.05) is 62.2 Å². The molecule has 0 aliphatic carbocycles. The molecule has 160 valence electrons. The van der Waals surface area contributed by atoms with Crippen molar-refractivity contribution < 1.29 is 9.32 Å². The van der Waals surface area contributed by atoms with Gasteiger partial charge in [-0.2, -0.15) is 4.98 Å². The molecule has 4 aromatic rings. The van der Waals surface area contributed by atoms with Crippen molar-refractivity contribution in [2.75, 3.05) is 31.1 Å². The maximum Gasteiger partial charge on any atom is 0.253 e. The Bertz CT molecular complexity index is 1200. The minimum atomic E-state index is 0.0125. The van der Waals surface area contributed by atoms with E-state index in [1.54, 1.807) is 31.5 Å². The topological polar surface area (TPSA) is 101 Å². The molecule has 9 nitrogen and oxygen atoms in total. The highest BCUT2D eigenvalue weighted by atomic mass is 16.5. The number of benzene rings is 1. The summed E-state index contributed by atoms with van der Waals surface area (Å²) in [6.45, 7) is 4.39. The zero-order valence-corrected chi connectivity index (χ0v) is 17.5. The third-order valence-electron chi connectivity index (χ3n) is 5.42. The van der Waals surface area contributed by atoms with E-state index in [1.807, 2.05) is 41.3 Å². The fraction of sp³-hybridized carbons (Fsp3) is 0.217. The van der Waals surface area contributed by atoms with Gasteiger partial charge in [-0.05, 0) is 36.4 Å². The molecule has 0 spiro atoms. The number of anilines is 1. The molecular formula is C23H21N7O2. The van der Waals surface area contributed by atoms with Gasteiger partial charge in [-0.1, -0.05) is 17.3 Å². The van der Waals surface area contributed by atoms with Crippen molar-refractivity contribution in [3.05, 3.63) is 72.4 Å². The van der Waals surface area contributed by atoms with Gasteiger partial charge < -0.3 is 14.3 Å². The van der Waals surface area contributed by atoms with Gasteiger partial charge >= 0.3 is 0 Å². The summed E-state index contributed by atoms with van der Waals surface area (Å²) in [5, 5.41) is 12.6. The first-order valence-electron chi connectivity index (χ1n) is 10.4. The number of carbonyl (C=O) groups excluding carboxylic acids is 1. The zero-order chi connectivity index (χ0) is 21.9. The highest BCUT2D eigenvalue weighted by Crippen LogP contribution is 2.20. The van der Waals surface area contributed by atoms with E-state index in [0.29, 0.717) is 43.5 Å². The Hall–Kier alpha value is -4.14. The Morgan fingerprint density at radius 3 is 2.38 bits per heavy atom. The molecule has 9 heteroatoms. The molecule has 4 heterocycles. The summed E-state index contributed by atoms with van der Waals surface area (Å²) < 4.78 is 5.01. The summed E-state index contributed by atoms with van der Waals surface area (Å²) >= 11 is 0. The van der Waals surface area contributed by atoms with E-state index >= 15 is 0 Å². The van der Waals surface area contributed by atoms with Crippen molar-refractivity contribution in [1.82, 2.24) is 30.2 Å². The molecule has 1 saturated heterocycles. The Labute approximate surface area is 184 Å². The van der Waals surface area contributed by atoms with E-state index in [0.717, 1.165) is 22.6 Å². The van der Waals surface area contributed by atoms with E-state index in [2.05, 4.69) is 30.2 Å². The molecule has 1 aliphatic heterocycles. The fourth-order valence-corrected chi connectivity index (χ4v) is 3.66.